The number of nitrogens with one attached hydrogen (secondary N) is 2. The van der Waals surface area contributed by atoms with Gasteiger partial charge in [0.2, 0.25) is 5.91 Å². The second-order valence-electron chi connectivity index (χ2n) is 5.26. The maximum Gasteiger partial charge on any atom is 0.234 e. The van der Waals surface area contributed by atoms with E-state index in [1.54, 1.807) is 25.1 Å². The summed E-state index contributed by atoms with van der Waals surface area (Å²) in [6.45, 7) is 1.83. The van der Waals surface area contributed by atoms with Crippen molar-refractivity contribution in [2.45, 2.75) is 19.5 Å². The van der Waals surface area contributed by atoms with Gasteiger partial charge in [0.25, 0.3) is 0 Å². The van der Waals surface area contributed by atoms with Crippen LogP contribution in [0.5, 0.6) is 0 Å². The van der Waals surface area contributed by atoms with E-state index >= 15 is 0 Å². The summed E-state index contributed by atoms with van der Waals surface area (Å²) >= 11 is 11.7. The van der Waals surface area contributed by atoms with Crippen LogP contribution in [0.15, 0.2) is 36.4 Å². The fourth-order valence-electron chi connectivity index (χ4n) is 2.12. The van der Waals surface area contributed by atoms with Crippen molar-refractivity contribution < 1.29 is 13.6 Å². The van der Waals surface area contributed by atoms with Gasteiger partial charge < -0.3 is 10.6 Å². The third-order valence-corrected chi connectivity index (χ3v) is 4.13. The van der Waals surface area contributed by atoms with E-state index < -0.39 is 5.82 Å². The first-order chi connectivity index (χ1) is 11.4. The van der Waals surface area contributed by atoms with E-state index in [1.165, 1.54) is 18.2 Å². The minimum Gasteiger partial charge on any atom is -0.351 e. The van der Waals surface area contributed by atoms with Crippen LogP contribution in [0.25, 0.3) is 0 Å². The molecule has 3 nitrogen and oxygen atoms in total. The van der Waals surface area contributed by atoms with Gasteiger partial charge in [0.15, 0.2) is 0 Å². The summed E-state index contributed by atoms with van der Waals surface area (Å²) in [4.78, 5) is 11.8. The molecule has 0 saturated heterocycles. The Morgan fingerprint density at radius 1 is 1.12 bits per heavy atom. The zero-order valence-corrected chi connectivity index (χ0v) is 14.4. The lowest BCUT2D eigenvalue weighted by Gasteiger charge is -2.16. The van der Waals surface area contributed by atoms with E-state index in [-0.39, 0.29) is 35.9 Å². The highest BCUT2D eigenvalue weighted by Gasteiger charge is 2.14. The highest BCUT2D eigenvalue weighted by molar-refractivity contribution is 6.35. The molecule has 0 aromatic heterocycles. The number of carbonyl (C=O) groups is 1. The number of amides is 1. The van der Waals surface area contributed by atoms with Crippen molar-refractivity contribution in [3.05, 3.63) is 69.2 Å². The normalized spacial score (nSPS) is 12.0. The molecule has 0 bridgehead atoms. The molecule has 2 rings (SSSR count). The summed E-state index contributed by atoms with van der Waals surface area (Å²) in [7, 11) is 0. The predicted octanol–water partition coefficient (Wildman–Crippen LogP) is 4.24. The monoisotopic (exact) mass is 372 g/mol. The predicted molar refractivity (Wildman–Crippen MR) is 91.1 cm³/mol. The summed E-state index contributed by atoms with van der Waals surface area (Å²) in [6.07, 6.45) is 0. The molecule has 0 fully saturated rings. The first-order valence-electron chi connectivity index (χ1n) is 7.26. The van der Waals surface area contributed by atoms with Gasteiger partial charge in [-0.1, -0.05) is 41.4 Å². The Labute approximate surface area is 149 Å². The fourth-order valence-corrected chi connectivity index (χ4v) is 2.67. The number of rotatable bonds is 6. The number of carbonyl (C=O) groups excluding carboxylic acids is 1. The Bertz CT molecular complexity index is 741. The van der Waals surface area contributed by atoms with Crippen LogP contribution in [-0.4, -0.2) is 12.5 Å². The van der Waals surface area contributed by atoms with Crippen molar-refractivity contribution in [1.29, 1.82) is 0 Å². The van der Waals surface area contributed by atoms with Gasteiger partial charge in [-0.05, 0) is 30.7 Å². The standard InChI is InChI=1S/C17H16Cl2F2N2O/c1-10(12-6-16(21)14(19)7-13(12)18)22-9-17(24)23-8-11-4-2-3-5-15(11)20/h2-7,10,22H,8-9H2,1H3,(H,23,24)/t10-/m0/s1. The first kappa shape index (κ1) is 18.6. The van der Waals surface area contributed by atoms with Gasteiger partial charge in [0, 0.05) is 23.2 Å². The highest BCUT2D eigenvalue weighted by Crippen LogP contribution is 2.28. The second-order valence-corrected chi connectivity index (χ2v) is 6.07. The van der Waals surface area contributed by atoms with E-state index in [0.29, 0.717) is 16.1 Å². The molecule has 0 aliphatic carbocycles. The van der Waals surface area contributed by atoms with Crippen LogP contribution in [0.1, 0.15) is 24.1 Å². The highest BCUT2D eigenvalue weighted by atomic mass is 35.5. The molecule has 0 unspecified atom stereocenters. The van der Waals surface area contributed by atoms with Crippen LogP contribution < -0.4 is 10.6 Å². The van der Waals surface area contributed by atoms with Crippen LogP contribution in [0.2, 0.25) is 10.0 Å². The molecule has 0 spiro atoms. The van der Waals surface area contributed by atoms with E-state index in [4.69, 9.17) is 23.2 Å². The van der Waals surface area contributed by atoms with Crippen molar-refractivity contribution in [2.24, 2.45) is 0 Å². The maximum absolute atomic E-state index is 13.5. The molecule has 0 radical (unpaired) electrons. The molecule has 2 aromatic rings. The molecule has 0 heterocycles. The molecule has 128 valence electrons. The van der Waals surface area contributed by atoms with Gasteiger partial charge >= 0.3 is 0 Å². The van der Waals surface area contributed by atoms with Crippen molar-refractivity contribution in [2.75, 3.05) is 6.54 Å². The quantitative estimate of drug-likeness (QED) is 0.744. The van der Waals surface area contributed by atoms with Crippen LogP contribution in [0.4, 0.5) is 8.78 Å². The van der Waals surface area contributed by atoms with E-state index in [1.807, 2.05) is 0 Å². The molecule has 0 aliphatic rings. The summed E-state index contributed by atoms with van der Waals surface area (Å²) < 4.78 is 27.0. The molecule has 1 atom stereocenters. The Morgan fingerprint density at radius 3 is 2.54 bits per heavy atom. The van der Waals surface area contributed by atoms with Crippen molar-refractivity contribution >= 4 is 29.1 Å². The molecule has 0 saturated carbocycles. The molecule has 2 N–H and O–H groups in total. The van der Waals surface area contributed by atoms with Gasteiger partial charge in [-0.15, -0.1) is 0 Å². The van der Waals surface area contributed by atoms with Gasteiger partial charge in [-0.25, -0.2) is 8.78 Å². The zero-order chi connectivity index (χ0) is 17.7. The third kappa shape index (κ3) is 4.90. The minimum atomic E-state index is -0.575. The van der Waals surface area contributed by atoms with Gasteiger partial charge in [-0.3, -0.25) is 4.79 Å². The Hall–Kier alpha value is -1.69. The topological polar surface area (TPSA) is 41.1 Å². The van der Waals surface area contributed by atoms with Crippen LogP contribution in [0.3, 0.4) is 0 Å². The van der Waals surface area contributed by atoms with Crippen LogP contribution in [-0.2, 0) is 11.3 Å². The summed E-state index contributed by atoms with van der Waals surface area (Å²) in [5, 5.41) is 5.81. The summed E-state index contributed by atoms with van der Waals surface area (Å²) in [5.41, 5.74) is 0.905. The van der Waals surface area contributed by atoms with Gasteiger partial charge in [0.1, 0.15) is 11.6 Å². The minimum absolute atomic E-state index is 0.0177. The smallest absolute Gasteiger partial charge is 0.234 e. The lowest BCUT2D eigenvalue weighted by molar-refractivity contribution is -0.120. The van der Waals surface area contributed by atoms with Crippen LogP contribution in [0, 0.1) is 11.6 Å². The number of benzene rings is 2. The SMILES string of the molecule is C[C@H](NCC(=O)NCc1ccccc1F)c1cc(F)c(Cl)cc1Cl. The van der Waals surface area contributed by atoms with Crippen molar-refractivity contribution in [3.63, 3.8) is 0 Å². The zero-order valence-electron chi connectivity index (χ0n) is 12.9. The van der Waals surface area contributed by atoms with Gasteiger partial charge in [0.05, 0.1) is 11.6 Å². The molecule has 2 aromatic carbocycles. The lowest BCUT2D eigenvalue weighted by Crippen LogP contribution is -2.35. The fraction of sp³-hybridized carbons (Fsp3) is 0.235. The largest absolute Gasteiger partial charge is 0.351 e. The Morgan fingerprint density at radius 2 is 1.83 bits per heavy atom. The summed E-state index contributed by atoms with van der Waals surface area (Å²) in [6, 6.07) is 8.41. The molecular weight excluding hydrogens is 357 g/mol. The molecule has 24 heavy (non-hydrogen) atoms. The van der Waals surface area contributed by atoms with Crippen molar-refractivity contribution in [3.8, 4) is 0 Å². The Balaban J connectivity index is 1.87. The van der Waals surface area contributed by atoms with E-state index in [0.717, 1.165) is 0 Å². The van der Waals surface area contributed by atoms with Crippen molar-refractivity contribution in [1.82, 2.24) is 10.6 Å². The molecule has 0 aliphatic heterocycles. The maximum atomic E-state index is 13.5. The van der Waals surface area contributed by atoms with Crippen LogP contribution >= 0.6 is 23.2 Å². The average Bonchev–Trinajstić information content (AvgIpc) is 2.55. The third-order valence-electron chi connectivity index (χ3n) is 3.51. The molecule has 1 amide bonds. The number of hydrogen-bond acceptors (Lipinski definition) is 2. The first-order valence-corrected chi connectivity index (χ1v) is 8.02. The Kier molecular flexibility index (Phi) is 6.54. The number of hydrogen-bond donors (Lipinski definition) is 2. The lowest BCUT2D eigenvalue weighted by atomic mass is 10.1. The average molecular weight is 373 g/mol. The molecular formula is C17H16Cl2F2N2O. The van der Waals surface area contributed by atoms with E-state index in [2.05, 4.69) is 10.6 Å². The second kappa shape index (κ2) is 8.42. The van der Waals surface area contributed by atoms with Gasteiger partial charge in [-0.2, -0.15) is 0 Å². The van der Waals surface area contributed by atoms with E-state index in [9.17, 15) is 13.6 Å². The summed E-state index contributed by atoms with van der Waals surface area (Å²) in [5.74, 6) is -1.26. The molecule has 7 heteroatoms. The number of halogens is 4.